The van der Waals surface area contributed by atoms with Crippen LogP contribution in [0.3, 0.4) is 0 Å². The molecule has 3 heteroatoms. The van der Waals surface area contributed by atoms with Gasteiger partial charge in [0.05, 0.1) is 16.8 Å². The molecule has 2 rings (SSSR count). The number of benzene rings is 2. The van der Waals surface area contributed by atoms with Gasteiger partial charge in [-0.05, 0) is 52.8 Å². The van der Waals surface area contributed by atoms with Crippen molar-refractivity contribution in [2.75, 3.05) is 5.32 Å². The van der Waals surface area contributed by atoms with Crippen LogP contribution in [0.4, 0.5) is 5.69 Å². The lowest BCUT2D eigenvalue weighted by Crippen LogP contribution is -2.10. The van der Waals surface area contributed by atoms with Gasteiger partial charge >= 0.3 is 0 Å². The summed E-state index contributed by atoms with van der Waals surface area (Å²) in [4.78, 5) is 0. The molecule has 1 unspecified atom stereocenters. The summed E-state index contributed by atoms with van der Waals surface area (Å²) in [6.45, 7) is 2.20. The molecule has 0 saturated carbocycles. The molecule has 0 amide bonds. The molecule has 0 aliphatic rings. The van der Waals surface area contributed by atoms with Crippen LogP contribution >= 0.6 is 34.2 Å². The molecule has 0 aliphatic carbocycles. The number of rotatable bonds is 5. The van der Waals surface area contributed by atoms with E-state index >= 15 is 0 Å². The zero-order valence-electron chi connectivity index (χ0n) is 10.9. The average Bonchev–Trinajstić information content (AvgIpc) is 2.42. The van der Waals surface area contributed by atoms with Crippen LogP contribution in [-0.2, 0) is 0 Å². The van der Waals surface area contributed by atoms with E-state index in [1.165, 1.54) is 5.56 Å². The molecule has 2 aromatic carbocycles. The first-order valence-corrected chi connectivity index (χ1v) is 7.93. The van der Waals surface area contributed by atoms with Crippen molar-refractivity contribution in [3.63, 3.8) is 0 Å². The van der Waals surface area contributed by atoms with Crippen molar-refractivity contribution >= 4 is 39.9 Å². The van der Waals surface area contributed by atoms with Gasteiger partial charge in [0.2, 0.25) is 0 Å². The molecular formula is C16H17ClIN. The van der Waals surface area contributed by atoms with E-state index in [0.717, 1.165) is 27.1 Å². The zero-order valence-corrected chi connectivity index (χ0v) is 13.8. The van der Waals surface area contributed by atoms with Crippen molar-refractivity contribution in [3.05, 3.63) is 62.7 Å². The van der Waals surface area contributed by atoms with Crippen molar-refractivity contribution < 1.29 is 0 Å². The molecular weight excluding hydrogens is 369 g/mol. The van der Waals surface area contributed by atoms with E-state index in [1.54, 1.807) is 0 Å². The van der Waals surface area contributed by atoms with Gasteiger partial charge in [0, 0.05) is 3.57 Å². The lowest BCUT2D eigenvalue weighted by atomic mass is 10.0. The van der Waals surface area contributed by atoms with Gasteiger partial charge in [0.1, 0.15) is 0 Å². The molecule has 1 N–H and O–H groups in total. The second kappa shape index (κ2) is 7.15. The Balaban J connectivity index is 2.21. The number of anilines is 1. The Morgan fingerprint density at radius 3 is 2.53 bits per heavy atom. The van der Waals surface area contributed by atoms with Gasteiger partial charge in [-0.15, -0.1) is 0 Å². The van der Waals surface area contributed by atoms with Crippen molar-refractivity contribution in [1.29, 1.82) is 0 Å². The molecule has 0 aromatic heterocycles. The largest absolute Gasteiger partial charge is 0.377 e. The highest BCUT2D eigenvalue weighted by Gasteiger charge is 2.11. The number of hydrogen-bond acceptors (Lipinski definition) is 1. The molecule has 0 radical (unpaired) electrons. The molecule has 100 valence electrons. The Bertz CT molecular complexity index is 528. The summed E-state index contributed by atoms with van der Waals surface area (Å²) < 4.78 is 1.15. The predicted octanol–water partition coefficient (Wildman–Crippen LogP) is 5.90. The summed E-state index contributed by atoms with van der Waals surface area (Å²) in [5.74, 6) is 0. The highest BCUT2D eigenvalue weighted by molar-refractivity contribution is 14.1. The molecule has 19 heavy (non-hydrogen) atoms. The minimum Gasteiger partial charge on any atom is -0.377 e. The van der Waals surface area contributed by atoms with Gasteiger partial charge in [0.15, 0.2) is 0 Å². The number of halogens is 2. The predicted molar refractivity (Wildman–Crippen MR) is 91.9 cm³/mol. The van der Waals surface area contributed by atoms with Crippen LogP contribution in [0.1, 0.15) is 31.4 Å². The third-order valence-corrected chi connectivity index (χ3v) is 4.02. The van der Waals surface area contributed by atoms with Crippen LogP contribution in [0.2, 0.25) is 5.02 Å². The smallest absolute Gasteiger partial charge is 0.0648 e. The standard InChI is InChI=1S/C16H17ClIN/c1-2-6-15(12-7-4-3-5-8-12)19-16-10-9-13(18)11-14(16)17/h3-5,7-11,15,19H,2,6H2,1H3. The van der Waals surface area contributed by atoms with Crippen LogP contribution in [0.5, 0.6) is 0 Å². The SMILES string of the molecule is CCCC(Nc1ccc(I)cc1Cl)c1ccccc1. The summed E-state index contributed by atoms with van der Waals surface area (Å²) in [7, 11) is 0. The highest BCUT2D eigenvalue weighted by Crippen LogP contribution is 2.29. The monoisotopic (exact) mass is 385 g/mol. The third kappa shape index (κ3) is 4.11. The fourth-order valence-corrected chi connectivity index (χ4v) is 3.00. The molecule has 0 spiro atoms. The van der Waals surface area contributed by atoms with Crippen molar-refractivity contribution in [3.8, 4) is 0 Å². The molecule has 0 fully saturated rings. The molecule has 2 aromatic rings. The summed E-state index contributed by atoms with van der Waals surface area (Å²) in [5.41, 5.74) is 2.31. The molecule has 0 aliphatic heterocycles. The second-order valence-electron chi connectivity index (χ2n) is 4.52. The van der Waals surface area contributed by atoms with E-state index < -0.39 is 0 Å². The fourth-order valence-electron chi connectivity index (χ4n) is 2.09. The third-order valence-electron chi connectivity index (χ3n) is 3.04. The Labute approximate surface area is 133 Å². The minimum absolute atomic E-state index is 0.309. The molecule has 0 bridgehead atoms. The van der Waals surface area contributed by atoms with E-state index in [0.29, 0.717) is 6.04 Å². The van der Waals surface area contributed by atoms with E-state index in [2.05, 4.69) is 71.2 Å². The maximum atomic E-state index is 6.29. The minimum atomic E-state index is 0.309. The van der Waals surface area contributed by atoms with E-state index in [1.807, 2.05) is 12.1 Å². The van der Waals surface area contributed by atoms with Gasteiger partial charge in [-0.25, -0.2) is 0 Å². The van der Waals surface area contributed by atoms with Gasteiger partial charge in [-0.2, -0.15) is 0 Å². The molecule has 0 saturated heterocycles. The Morgan fingerprint density at radius 1 is 1.16 bits per heavy atom. The molecule has 1 atom stereocenters. The van der Waals surface area contributed by atoms with E-state index in [4.69, 9.17) is 11.6 Å². The number of nitrogens with one attached hydrogen (secondary N) is 1. The van der Waals surface area contributed by atoms with Gasteiger partial charge in [0.25, 0.3) is 0 Å². The molecule has 1 nitrogen and oxygen atoms in total. The van der Waals surface area contributed by atoms with Gasteiger partial charge < -0.3 is 5.32 Å². The Kier molecular flexibility index (Phi) is 5.52. The fraction of sp³-hybridized carbons (Fsp3) is 0.250. The molecule has 0 heterocycles. The van der Waals surface area contributed by atoms with Crippen molar-refractivity contribution in [2.45, 2.75) is 25.8 Å². The quantitative estimate of drug-likeness (QED) is 0.632. The van der Waals surface area contributed by atoms with Crippen LogP contribution in [0.15, 0.2) is 48.5 Å². The summed E-state index contributed by atoms with van der Waals surface area (Å²) in [6.07, 6.45) is 2.22. The maximum absolute atomic E-state index is 6.29. The van der Waals surface area contributed by atoms with Crippen molar-refractivity contribution in [2.24, 2.45) is 0 Å². The number of hydrogen-bond donors (Lipinski definition) is 1. The van der Waals surface area contributed by atoms with Crippen molar-refractivity contribution in [1.82, 2.24) is 0 Å². The maximum Gasteiger partial charge on any atom is 0.0648 e. The second-order valence-corrected chi connectivity index (χ2v) is 6.17. The highest BCUT2D eigenvalue weighted by atomic mass is 127. The van der Waals surface area contributed by atoms with Crippen LogP contribution < -0.4 is 5.32 Å². The zero-order chi connectivity index (χ0) is 13.7. The van der Waals surface area contributed by atoms with Gasteiger partial charge in [-0.1, -0.05) is 55.3 Å². The lowest BCUT2D eigenvalue weighted by Gasteiger charge is -2.20. The van der Waals surface area contributed by atoms with Crippen LogP contribution in [-0.4, -0.2) is 0 Å². The Hall–Kier alpha value is -0.740. The first-order valence-electron chi connectivity index (χ1n) is 6.47. The normalized spacial score (nSPS) is 12.2. The topological polar surface area (TPSA) is 12.0 Å². The first kappa shape index (κ1) is 14.7. The van der Waals surface area contributed by atoms with Gasteiger partial charge in [-0.3, -0.25) is 0 Å². The van der Waals surface area contributed by atoms with E-state index in [-0.39, 0.29) is 0 Å². The van der Waals surface area contributed by atoms with Crippen LogP contribution in [0, 0.1) is 3.57 Å². The Morgan fingerprint density at radius 2 is 1.89 bits per heavy atom. The van der Waals surface area contributed by atoms with E-state index in [9.17, 15) is 0 Å². The van der Waals surface area contributed by atoms with Crippen LogP contribution in [0.25, 0.3) is 0 Å². The first-order chi connectivity index (χ1) is 9.20. The average molecular weight is 386 g/mol. The summed E-state index contributed by atoms with van der Waals surface area (Å²) in [6, 6.07) is 16.9. The lowest BCUT2D eigenvalue weighted by molar-refractivity contribution is 0.677. The summed E-state index contributed by atoms with van der Waals surface area (Å²) >= 11 is 8.57. The summed E-state index contributed by atoms with van der Waals surface area (Å²) in [5, 5.41) is 4.34.